The Hall–Kier alpha value is -3.43. The highest BCUT2D eigenvalue weighted by Gasteiger charge is 2.33. The molecule has 38 heavy (non-hydrogen) atoms. The average Bonchev–Trinajstić information content (AvgIpc) is 3.29. The molecule has 0 unspecified atom stereocenters. The molecular weight excluding hydrogens is 513 g/mol. The lowest BCUT2D eigenvalue weighted by Gasteiger charge is -2.26. The van der Waals surface area contributed by atoms with Crippen LogP contribution in [-0.4, -0.2) is 29.3 Å². The van der Waals surface area contributed by atoms with Crippen molar-refractivity contribution in [3.63, 3.8) is 0 Å². The van der Waals surface area contributed by atoms with Crippen LogP contribution in [0.1, 0.15) is 56.3 Å². The predicted molar refractivity (Wildman–Crippen MR) is 141 cm³/mol. The molecule has 0 amide bonds. The second-order valence-electron chi connectivity index (χ2n) is 10.2. The van der Waals surface area contributed by atoms with E-state index in [0.717, 1.165) is 12.3 Å². The fourth-order valence-electron chi connectivity index (χ4n) is 4.53. The molecule has 0 atom stereocenters. The number of aliphatic hydroxyl groups is 1. The normalized spacial score (nSPS) is 12.4. The Bertz CT molecular complexity index is 1630. The van der Waals surface area contributed by atoms with Crippen LogP contribution in [-0.2, 0) is 21.9 Å². The van der Waals surface area contributed by atoms with Crippen molar-refractivity contribution >= 4 is 9.84 Å². The van der Waals surface area contributed by atoms with Crippen LogP contribution in [0.15, 0.2) is 65.7 Å². The molecule has 1 N–H and O–H groups in total. The molecule has 0 saturated heterocycles. The lowest BCUT2D eigenvalue weighted by Crippen LogP contribution is -2.25. The number of sulfone groups is 1. The molecule has 0 spiro atoms. The summed E-state index contributed by atoms with van der Waals surface area (Å²) in [5.74, 6) is -1.50. The summed E-state index contributed by atoms with van der Waals surface area (Å²) in [6.07, 6.45) is 2.64. The van der Waals surface area contributed by atoms with E-state index in [1.807, 2.05) is 27.7 Å². The molecule has 1 heterocycles. The minimum atomic E-state index is -3.85. The highest BCUT2D eigenvalue weighted by molar-refractivity contribution is 7.90. The van der Waals surface area contributed by atoms with Gasteiger partial charge in [0, 0.05) is 23.6 Å². The van der Waals surface area contributed by atoms with E-state index < -0.39 is 39.3 Å². The number of nitrogens with zero attached hydrogens (tertiary/aromatic N) is 2. The Kier molecular flexibility index (Phi) is 7.29. The predicted octanol–water partition coefficient (Wildman–Crippen LogP) is 6.30. The van der Waals surface area contributed by atoms with Crippen molar-refractivity contribution in [2.45, 2.75) is 50.5 Å². The van der Waals surface area contributed by atoms with E-state index in [1.165, 1.54) is 24.3 Å². The first-order chi connectivity index (χ1) is 17.8. The first-order valence-corrected chi connectivity index (χ1v) is 13.9. The van der Waals surface area contributed by atoms with Gasteiger partial charge < -0.3 is 5.11 Å². The van der Waals surface area contributed by atoms with Crippen molar-refractivity contribution in [2.24, 2.45) is 0 Å². The summed E-state index contributed by atoms with van der Waals surface area (Å²) in [7, 11) is -3.85. The molecule has 0 radical (unpaired) electrons. The lowest BCUT2D eigenvalue weighted by atomic mass is 9.83. The van der Waals surface area contributed by atoms with Gasteiger partial charge in [-0.3, -0.25) is 4.57 Å². The molecule has 5 nitrogen and oxygen atoms in total. The Morgan fingerprint density at radius 1 is 0.947 bits per heavy atom. The highest BCUT2D eigenvalue weighted by atomic mass is 32.2. The van der Waals surface area contributed by atoms with E-state index in [0.29, 0.717) is 17.1 Å². The molecule has 9 heteroatoms. The van der Waals surface area contributed by atoms with Gasteiger partial charge in [-0.25, -0.2) is 26.6 Å². The molecule has 0 saturated carbocycles. The van der Waals surface area contributed by atoms with E-state index in [4.69, 9.17) is 4.98 Å². The van der Waals surface area contributed by atoms with Gasteiger partial charge in [0.2, 0.25) is 0 Å². The van der Waals surface area contributed by atoms with Crippen LogP contribution in [0.5, 0.6) is 0 Å². The van der Waals surface area contributed by atoms with Crippen LogP contribution in [0, 0.1) is 17.5 Å². The summed E-state index contributed by atoms with van der Waals surface area (Å²) in [5.41, 5.74) is 0.400. The maximum atomic E-state index is 15.7. The van der Waals surface area contributed by atoms with Crippen molar-refractivity contribution < 1.29 is 26.7 Å². The largest absolute Gasteiger partial charge is 0.392 e. The van der Waals surface area contributed by atoms with Gasteiger partial charge in [-0.15, -0.1) is 0 Å². The van der Waals surface area contributed by atoms with Gasteiger partial charge in [-0.2, -0.15) is 0 Å². The number of hydrogen-bond acceptors (Lipinski definition) is 4. The SMILES string of the molecule is CC(C)c1cn(-c2ccc(-c3cc(F)c(CO)c(S(C)(=O)=O)c3)cc2F)c(C(C)(C)c2ccccc2F)n1. The Balaban J connectivity index is 1.88. The van der Waals surface area contributed by atoms with Crippen LogP contribution in [0.25, 0.3) is 16.8 Å². The zero-order valence-electron chi connectivity index (χ0n) is 21.8. The average molecular weight is 543 g/mol. The van der Waals surface area contributed by atoms with Crippen LogP contribution in [0.4, 0.5) is 13.2 Å². The maximum Gasteiger partial charge on any atom is 0.176 e. The second kappa shape index (κ2) is 10.0. The molecule has 0 bridgehead atoms. The number of aliphatic hydroxyl groups excluding tert-OH is 1. The van der Waals surface area contributed by atoms with Crippen LogP contribution >= 0.6 is 0 Å². The Labute approximate surface area is 220 Å². The van der Waals surface area contributed by atoms with Gasteiger partial charge in [0.1, 0.15) is 23.3 Å². The second-order valence-corrected chi connectivity index (χ2v) is 12.1. The van der Waals surface area contributed by atoms with Gasteiger partial charge in [0.05, 0.1) is 28.3 Å². The highest BCUT2D eigenvalue weighted by Crippen LogP contribution is 2.36. The third-order valence-corrected chi connectivity index (χ3v) is 7.84. The van der Waals surface area contributed by atoms with Gasteiger partial charge in [-0.05, 0) is 61.2 Å². The molecule has 0 aliphatic heterocycles. The third-order valence-electron chi connectivity index (χ3n) is 6.67. The fourth-order valence-corrected chi connectivity index (χ4v) is 5.48. The number of hydrogen-bond donors (Lipinski definition) is 1. The summed E-state index contributed by atoms with van der Waals surface area (Å²) < 4.78 is 71.1. The number of rotatable bonds is 7. The maximum absolute atomic E-state index is 15.7. The molecule has 0 aliphatic carbocycles. The number of imidazole rings is 1. The van der Waals surface area contributed by atoms with Crippen LogP contribution in [0.3, 0.4) is 0 Å². The van der Waals surface area contributed by atoms with Crippen molar-refractivity contribution in [3.05, 3.63) is 101 Å². The third kappa shape index (κ3) is 5.00. The van der Waals surface area contributed by atoms with E-state index in [2.05, 4.69) is 0 Å². The van der Waals surface area contributed by atoms with E-state index in [1.54, 1.807) is 35.0 Å². The number of halogens is 3. The van der Waals surface area contributed by atoms with Gasteiger partial charge in [-0.1, -0.05) is 38.1 Å². The molecule has 4 aromatic rings. The zero-order chi connectivity index (χ0) is 28.0. The number of benzene rings is 3. The van der Waals surface area contributed by atoms with Crippen molar-refractivity contribution in [1.29, 1.82) is 0 Å². The van der Waals surface area contributed by atoms with Gasteiger partial charge in [0.15, 0.2) is 9.84 Å². The fraction of sp³-hybridized carbons (Fsp3) is 0.276. The standard InChI is InChI=1S/C29H29F3N2O3S/c1-17(2)25-15-34(28(33-25)29(3,4)21-8-6-7-9-22(21)30)26-11-10-18(12-24(26)32)19-13-23(31)20(16-35)27(14-19)38(5,36)37/h6-15,17,35H,16H2,1-5H3. The van der Waals surface area contributed by atoms with Crippen LogP contribution < -0.4 is 0 Å². The Morgan fingerprint density at radius 3 is 2.18 bits per heavy atom. The molecule has 0 aliphatic rings. The summed E-state index contributed by atoms with van der Waals surface area (Å²) in [6.45, 7) is 6.75. The quantitative estimate of drug-likeness (QED) is 0.297. The van der Waals surface area contributed by atoms with Gasteiger partial charge >= 0.3 is 0 Å². The Morgan fingerprint density at radius 2 is 1.61 bits per heavy atom. The minimum Gasteiger partial charge on any atom is -0.392 e. The molecule has 3 aromatic carbocycles. The molecular formula is C29H29F3N2O3S. The first-order valence-electron chi connectivity index (χ1n) is 12.0. The zero-order valence-corrected chi connectivity index (χ0v) is 22.6. The molecule has 1 aromatic heterocycles. The van der Waals surface area contributed by atoms with E-state index in [9.17, 15) is 22.3 Å². The number of aromatic nitrogens is 2. The van der Waals surface area contributed by atoms with E-state index in [-0.39, 0.29) is 33.2 Å². The summed E-state index contributed by atoms with van der Waals surface area (Å²) in [5, 5.41) is 9.47. The van der Waals surface area contributed by atoms with Crippen molar-refractivity contribution in [2.75, 3.05) is 6.26 Å². The van der Waals surface area contributed by atoms with Crippen LogP contribution in [0.2, 0.25) is 0 Å². The van der Waals surface area contributed by atoms with Crippen molar-refractivity contribution in [1.82, 2.24) is 9.55 Å². The first kappa shape index (κ1) is 27.6. The summed E-state index contributed by atoms with van der Waals surface area (Å²) in [4.78, 5) is 4.40. The van der Waals surface area contributed by atoms with Crippen molar-refractivity contribution in [3.8, 4) is 16.8 Å². The molecule has 0 fully saturated rings. The summed E-state index contributed by atoms with van der Waals surface area (Å²) in [6, 6.07) is 12.9. The molecule has 200 valence electrons. The van der Waals surface area contributed by atoms with Gasteiger partial charge in [0.25, 0.3) is 0 Å². The van der Waals surface area contributed by atoms with E-state index >= 15 is 4.39 Å². The monoisotopic (exact) mass is 542 g/mol. The minimum absolute atomic E-state index is 0.0242. The smallest absolute Gasteiger partial charge is 0.176 e. The lowest BCUT2D eigenvalue weighted by molar-refractivity contribution is 0.272. The summed E-state index contributed by atoms with van der Waals surface area (Å²) >= 11 is 0. The topological polar surface area (TPSA) is 72.2 Å². The molecule has 4 rings (SSSR count).